The Balaban J connectivity index is 1.54. The number of amidine groups is 1. The number of carbonyl (C=O) groups excluding carboxylic acids is 1. The topological polar surface area (TPSA) is 47.4 Å². The van der Waals surface area contributed by atoms with Gasteiger partial charge >= 0.3 is 0 Å². The first-order valence-corrected chi connectivity index (χ1v) is 11.9. The van der Waals surface area contributed by atoms with Crippen LogP contribution in [-0.2, 0) is 11.3 Å². The lowest BCUT2D eigenvalue weighted by atomic mass is 10.1. The Morgan fingerprint density at radius 2 is 1.31 bits per heavy atom. The fourth-order valence-corrected chi connectivity index (χ4v) is 6.16. The lowest BCUT2D eigenvalue weighted by Crippen LogP contribution is -2.28. The molecule has 158 valence electrons. The second-order valence-electron chi connectivity index (χ2n) is 7.49. The molecule has 3 aromatic carbocycles. The molecule has 0 radical (unpaired) electrons. The van der Waals surface area contributed by atoms with Gasteiger partial charge < -0.3 is 4.90 Å². The fourth-order valence-electron chi connectivity index (χ4n) is 3.83. The molecule has 2 aliphatic heterocycles. The highest BCUT2D eigenvalue weighted by Gasteiger charge is 2.39. The minimum atomic E-state index is -0.111. The molecule has 0 aromatic heterocycles. The van der Waals surface area contributed by atoms with E-state index < -0.39 is 0 Å². The highest BCUT2D eigenvalue weighted by molar-refractivity contribution is 8.20. The van der Waals surface area contributed by atoms with E-state index in [2.05, 4.69) is 29.2 Å². The van der Waals surface area contributed by atoms with E-state index in [0.29, 0.717) is 11.4 Å². The number of hydrogen-bond donors (Lipinski definition) is 1. The Labute approximate surface area is 196 Å². The summed E-state index contributed by atoms with van der Waals surface area (Å²) < 4.78 is 0. The number of benzene rings is 3. The van der Waals surface area contributed by atoms with E-state index in [1.54, 1.807) is 16.7 Å². The van der Waals surface area contributed by atoms with E-state index in [0.717, 1.165) is 32.3 Å². The van der Waals surface area contributed by atoms with Gasteiger partial charge in [0.25, 0.3) is 5.91 Å². The van der Waals surface area contributed by atoms with Gasteiger partial charge in [0, 0.05) is 12.0 Å². The Kier molecular flexibility index (Phi) is 5.64. The highest BCUT2D eigenvalue weighted by atomic mass is 32.2. The number of nitrogens with one attached hydrogen (secondary N) is 1. The number of amides is 1. The predicted octanol–water partition coefficient (Wildman–Crippen LogP) is 6.07. The maximum absolute atomic E-state index is 13.4. The van der Waals surface area contributed by atoms with Gasteiger partial charge in [0.15, 0.2) is 5.17 Å². The van der Waals surface area contributed by atoms with Crippen LogP contribution in [0.4, 0.5) is 0 Å². The first-order chi connectivity index (χ1) is 15.6. The normalized spacial score (nSPS) is 18.8. The van der Waals surface area contributed by atoms with Crippen molar-refractivity contribution in [3.05, 3.63) is 118 Å². The lowest BCUT2D eigenvalue weighted by molar-refractivity contribution is -0.122. The largest absolute Gasteiger partial charge is 0.337 e. The second kappa shape index (κ2) is 8.73. The molecule has 1 fully saturated rings. The maximum Gasteiger partial charge on any atom is 0.269 e. The van der Waals surface area contributed by atoms with E-state index in [-0.39, 0.29) is 11.1 Å². The molecule has 0 saturated carbocycles. The molecule has 0 bridgehead atoms. The molecule has 0 atom stereocenters. The average Bonchev–Trinajstić information content (AvgIpc) is 3.32. The summed E-state index contributed by atoms with van der Waals surface area (Å²) in [6.07, 6.45) is 0. The highest BCUT2D eigenvalue weighted by Crippen LogP contribution is 2.53. The summed E-state index contributed by atoms with van der Waals surface area (Å²) in [6, 6.07) is 30.3. The zero-order chi connectivity index (χ0) is 22.1. The van der Waals surface area contributed by atoms with Gasteiger partial charge in [-0.1, -0.05) is 103 Å². The van der Waals surface area contributed by atoms with Crippen molar-refractivity contribution in [2.45, 2.75) is 6.54 Å². The minimum Gasteiger partial charge on any atom is -0.337 e. The molecule has 1 N–H and O–H groups in total. The van der Waals surface area contributed by atoms with Crippen molar-refractivity contribution in [3.63, 3.8) is 0 Å². The third-order valence-electron chi connectivity index (χ3n) is 5.40. The first-order valence-electron chi connectivity index (χ1n) is 10.3. The smallest absolute Gasteiger partial charge is 0.269 e. The Morgan fingerprint density at radius 3 is 1.94 bits per heavy atom. The van der Waals surface area contributed by atoms with Gasteiger partial charge in [0.1, 0.15) is 4.91 Å². The van der Waals surface area contributed by atoms with Gasteiger partial charge in [-0.05, 0) is 28.5 Å². The number of thioether (sulfide) groups is 2. The van der Waals surface area contributed by atoms with E-state index in [1.807, 2.05) is 73.8 Å². The van der Waals surface area contributed by atoms with Crippen LogP contribution in [0.1, 0.15) is 16.7 Å². The van der Waals surface area contributed by atoms with Crippen molar-refractivity contribution < 1.29 is 4.79 Å². The van der Waals surface area contributed by atoms with Crippen LogP contribution in [-0.4, -0.2) is 27.9 Å². The van der Waals surface area contributed by atoms with Gasteiger partial charge in [-0.3, -0.25) is 15.1 Å². The van der Waals surface area contributed by atoms with Crippen molar-refractivity contribution in [3.8, 4) is 0 Å². The van der Waals surface area contributed by atoms with E-state index in [9.17, 15) is 4.79 Å². The van der Waals surface area contributed by atoms with Gasteiger partial charge in [-0.25, -0.2) is 0 Å². The zero-order valence-electron chi connectivity index (χ0n) is 17.5. The summed E-state index contributed by atoms with van der Waals surface area (Å²) in [5, 5.41) is 9.61. The number of hydrogen-bond acceptors (Lipinski definition) is 5. The van der Waals surface area contributed by atoms with Crippen molar-refractivity contribution in [2.75, 3.05) is 7.05 Å². The average molecular weight is 456 g/mol. The molecular weight excluding hydrogens is 434 g/mol. The molecule has 32 heavy (non-hydrogen) atoms. The number of nitrogens with zero attached hydrogens (tertiary/aromatic N) is 2. The SMILES string of the molecule is CN1C(c2ccccc2)=C(c2ccccc2)S/C1=C1\SC(=N)N(Cc2ccccc2)C1=O. The van der Waals surface area contributed by atoms with Crippen LogP contribution in [0.25, 0.3) is 10.6 Å². The summed E-state index contributed by atoms with van der Waals surface area (Å²) in [5.74, 6) is -0.111. The molecular formula is C26H21N3OS2. The van der Waals surface area contributed by atoms with Gasteiger partial charge in [-0.15, -0.1) is 0 Å². The van der Waals surface area contributed by atoms with E-state index in [1.165, 1.54) is 11.8 Å². The van der Waals surface area contributed by atoms with Crippen LogP contribution >= 0.6 is 23.5 Å². The predicted molar refractivity (Wildman–Crippen MR) is 134 cm³/mol. The molecule has 4 nitrogen and oxygen atoms in total. The van der Waals surface area contributed by atoms with Crippen molar-refractivity contribution >= 4 is 45.2 Å². The van der Waals surface area contributed by atoms with Gasteiger partial charge in [0.05, 0.1) is 17.3 Å². The van der Waals surface area contributed by atoms with Crippen LogP contribution < -0.4 is 0 Å². The first kappa shape index (κ1) is 20.7. The zero-order valence-corrected chi connectivity index (χ0v) is 19.1. The molecule has 6 heteroatoms. The molecule has 1 saturated heterocycles. The second-order valence-corrected chi connectivity index (χ2v) is 9.49. The van der Waals surface area contributed by atoms with Crippen molar-refractivity contribution in [1.29, 1.82) is 5.41 Å². The van der Waals surface area contributed by atoms with E-state index >= 15 is 0 Å². The van der Waals surface area contributed by atoms with Crippen LogP contribution in [0.5, 0.6) is 0 Å². The third kappa shape index (κ3) is 3.76. The van der Waals surface area contributed by atoms with Crippen LogP contribution in [0, 0.1) is 5.41 Å². The van der Waals surface area contributed by atoms with Crippen LogP contribution in [0.3, 0.4) is 0 Å². The molecule has 1 amide bonds. The Bertz CT molecular complexity index is 1240. The molecule has 0 unspecified atom stereocenters. The summed E-state index contributed by atoms with van der Waals surface area (Å²) >= 11 is 2.85. The molecule has 0 spiro atoms. The third-order valence-corrected chi connectivity index (χ3v) is 7.82. The van der Waals surface area contributed by atoms with Gasteiger partial charge in [0.2, 0.25) is 0 Å². The Morgan fingerprint density at radius 1 is 0.750 bits per heavy atom. The summed E-state index contributed by atoms with van der Waals surface area (Å²) in [5.41, 5.74) is 4.30. The fraction of sp³-hybridized carbons (Fsp3) is 0.0769. The molecule has 2 aliphatic rings. The van der Waals surface area contributed by atoms with Crippen molar-refractivity contribution in [1.82, 2.24) is 9.80 Å². The van der Waals surface area contributed by atoms with Crippen molar-refractivity contribution in [2.24, 2.45) is 0 Å². The standard InChI is InChI=1S/C26H21N3OS2/c1-28-21(19-13-7-3-8-14-19)22(20-15-9-4-10-16-20)31-25(28)23-24(30)29(26(27)32-23)17-18-11-5-2-6-12-18/h2-16,27H,17H2,1H3/b25-23-,27-26?. The molecule has 5 rings (SSSR count). The lowest BCUT2D eigenvalue weighted by Gasteiger charge is -2.19. The monoisotopic (exact) mass is 455 g/mol. The Hall–Kier alpha value is -3.22. The van der Waals surface area contributed by atoms with Crippen LogP contribution in [0.15, 0.2) is 101 Å². The molecule has 2 heterocycles. The molecule has 0 aliphatic carbocycles. The maximum atomic E-state index is 13.4. The number of rotatable bonds is 4. The number of carbonyl (C=O) groups is 1. The minimum absolute atomic E-state index is 0.111. The summed E-state index contributed by atoms with van der Waals surface area (Å²) in [6.45, 7) is 0.404. The van der Waals surface area contributed by atoms with E-state index in [4.69, 9.17) is 5.41 Å². The summed E-state index contributed by atoms with van der Waals surface area (Å²) in [4.78, 5) is 18.8. The van der Waals surface area contributed by atoms with Gasteiger partial charge in [-0.2, -0.15) is 0 Å². The quantitative estimate of drug-likeness (QED) is 0.485. The molecule has 3 aromatic rings. The van der Waals surface area contributed by atoms with Crippen LogP contribution in [0.2, 0.25) is 0 Å². The summed E-state index contributed by atoms with van der Waals surface area (Å²) in [7, 11) is 2.00.